The van der Waals surface area contributed by atoms with Gasteiger partial charge >= 0.3 is 0 Å². The fraction of sp³-hybridized carbons (Fsp3) is 1.00. The predicted molar refractivity (Wildman–Crippen MR) is 39.1 cm³/mol. The SMILES string of the molecule is CC(C)[C@H](N)CCCO. The Kier molecular flexibility index (Phi) is 4.72. The molecule has 1 atom stereocenters. The van der Waals surface area contributed by atoms with Crippen molar-refractivity contribution >= 4 is 0 Å². The van der Waals surface area contributed by atoms with Gasteiger partial charge < -0.3 is 10.8 Å². The second-order valence-electron chi connectivity index (χ2n) is 2.77. The first kappa shape index (κ1) is 8.92. The van der Waals surface area contributed by atoms with Crippen molar-refractivity contribution in [3.05, 3.63) is 0 Å². The lowest BCUT2D eigenvalue weighted by Crippen LogP contribution is -2.26. The molecule has 0 saturated carbocycles. The maximum Gasteiger partial charge on any atom is 0.0431 e. The third-order valence-electron chi connectivity index (χ3n) is 1.55. The van der Waals surface area contributed by atoms with Gasteiger partial charge in [-0.15, -0.1) is 0 Å². The topological polar surface area (TPSA) is 46.2 Å². The molecule has 0 aliphatic carbocycles. The van der Waals surface area contributed by atoms with Gasteiger partial charge in [-0.3, -0.25) is 0 Å². The molecule has 3 N–H and O–H groups in total. The fourth-order valence-corrected chi connectivity index (χ4v) is 0.660. The number of hydrogen-bond acceptors (Lipinski definition) is 2. The van der Waals surface area contributed by atoms with E-state index in [0.29, 0.717) is 5.92 Å². The molecule has 56 valence electrons. The maximum atomic E-state index is 8.44. The van der Waals surface area contributed by atoms with E-state index >= 15 is 0 Å². The average molecular weight is 131 g/mol. The molecule has 9 heavy (non-hydrogen) atoms. The molecule has 0 amide bonds. The Morgan fingerprint density at radius 3 is 2.33 bits per heavy atom. The molecule has 0 fully saturated rings. The summed E-state index contributed by atoms with van der Waals surface area (Å²) in [6, 6.07) is 0.261. The van der Waals surface area contributed by atoms with Crippen LogP contribution in [-0.2, 0) is 0 Å². The monoisotopic (exact) mass is 131 g/mol. The van der Waals surface area contributed by atoms with Gasteiger partial charge in [0.25, 0.3) is 0 Å². The van der Waals surface area contributed by atoms with E-state index < -0.39 is 0 Å². The first-order valence-electron chi connectivity index (χ1n) is 3.55. The van der Waals surface area contributed by atoms with Crippen LogP contribution < -0.4 is 5.73 Å². The van der Waals surface area contributed by atoms with Crippen molar-refractivity contribution in [2.24, 2.45) is 11.7 Å². The molecule has 0 bridgehead atoms. The normalized spacial score (nSPS) is 14.3. The van der Waals surface area contributed by atoms with Crippen LogP contribution in [0.25, 0.3) is 0 Å². The molecule has 0 saturated heterocycles. The van der Waals surface area contributed by atoms with E-state index in [9.17, 15) is 0 Å². The Morgan fingerprint density at radius 2 is 2.00 bits per heavy atom. The molecular formula is C7H17NO. The minimum absolute atomic E-state index is 0.261. The van der Waals surface area contributed by atoms with Crippen LogP contribution in [0.1, 0.15) is 26.7 Å². The summed E-state index contributed by atoms with van der Waals surface area (Å²) in [6.45, 7) is 4.46. The third kappa shape index (κ3) is 4.43. The van der Waals surface area contributed by atoms with Crippen LogP contribution in [0, 0.1) is 5.92 Å². The molecule has 0 aromatic carbocycles. The average Bonchev–Trinajstić information content (AvgIpc) is 1.82. The molecule has 0 unspecified atom stereocenters. The predicted octanol–water partition coefficient (Wildman–Crippen LogP) is 0.742. The first-order chi connectivity index (χ1) is 4.18. The highest BCUT2D eigenvalue weighted by Gasteiger charge is 2.05. The summed E-state index contributed by atoms with van der Waals surface area (Å²) in [5.41, 5.74) is 5.69. The van der Waals surface area contributed by atoms with Crippen LogP contribution in [0.15, 0.2) is 0 Å². The lowest BCUT2D eigenvalue weighted by molar-refractivity contribution is 0.273. The second kappa shape index (κ2) is 4.77. The van der Waals surface area contributed by atoms with E-state index in [-0.39, 0.29) is 12.6 Å². The Labute approximate surface area is 57.1 Å². The summed E-state index contributed by atoms with van der Waals surface area (Å²) in [4.78, 5) is 0. The number of aliphatic hydroxyl groups excluding tert-OH is 1. The lowest BCUT2D eigenvalue weighted by atomic mass is 10.0. The summed E-state index contributed by atoms with van der Waals surface area (Å²) in [7, 11) is 0. The smallest absolute Gasteiger partial charge is 0.0431 e. The van der Waals surface area contributed by atoms with Crippen LogP contribution in [0.4, 0.5) is 0 Å². The highest BCUT2D eigenvalue weighted by molar-refractivity contribution is 4.63. The van der Waals surface area contributed by atoms with E-state index in [1.807, 2.05) is 0 Å². The Morgan fingerprint density at radius 1 is 1.44 bits per heavy atom. The van der Waals surface area contributed by atoms with E-state index in [2.05, 4.69) is 13.8 Å². The van der Waals surface area contributed by atoms with Gasteiger partial charge in [0.1, 0.15) is 0 Å². The van der Waals surface area contributed by atoms with Gasteiger partial charge in [-0.2, -0.15) is 0 Å². The summed E-state index contributed by atoms with van der Waals surface area (Å²) >= 11 is 0. The van der Waals surface area contributed by atoms with E-state index in [4.69, 9.17) is 10.8 Å². The second-order valence-corrected chi connectivity index (χ2v) is 2.77. The number of hydrogen-bond donors (Lipinski definition) is 2. The summed E-state index contributed by atoms with van der Waals surface area (Å²) in [6.07, 6.45) is 1.77. The zero-order valence-corrected chi connectivity index (χ0v) is 6.30. The molecule has 0 aliphatic heterocycles. The van der Waals surface area contributed by atoms with Crippen molar-refractivity contribution in [2.45, 2.75) is 32.7 Å². The van der Waals surface area contributed by atoms with Crippen molar-refractivity contribution in [3.8, 4) is 0 Å². The van der Waals surface area contributed by atoms with Gasteiger partial charge in [-0.05, 0) is 18.8 Å². The van der Waals surface area contributed by atoms with Gasteiger partial charge in [0.15, 0.2) is 0 Å². The molecular weight excluding hydrogens is 114 g/mol. The summed E-state index contributed by atoms with van der Waals surface area (Å²) < 4.78 is 0. The minimum Gasteiger partial charge on any atom is -0.396 e. The Hall–Kier alpha value is -0.0800. The zero-order valence-electron chi connectivity index (χ0n) is 6.30. The molecule has 0 aromatic rings. The van der Waals surface area contributed by atoms with Gasteiger partial charge in [0, 0.05) is 12.6 Å². The van der Waals surface area contributed by atoms with Crippen LogP contribution in [0.5, 0.6) is 0 Å². The quantitative estimate of drug-likeness (QED) is 0.591. The van der Waals surface area contributed by atoms with Crippen molar-refractivity contribution in [1.82, 2.24) is 0 Å². The minimum atomic E-state index is 0.261. The summed E-state index contributed by atoms with van der Waals surface area (Å²) in [5, 5.41) is 8.44. The molecule has 0 spiro atoms. The molecule has 2 heteroatoms. The van der Waals surface area contributed by atoms with Gasteiger partial charge in [0.05, 0.1) is 0 Å². The van der Waals surface area contributed by atoms with Gasteiger partial charge in [-0.25, -0.2) is 0 Å². The first-order valence-corrected chi connectivity index (χ1v) is 3.55. The maximum absolute atomic E-state index is 8.44. The molecule has 0 aromatic heterocycles. The van der Waals surface area contributed by atoms with Gasteiger partial charge in [-0.1, -0.05) is 13.8 Å². The van der Waals surface area contributed by atoms with E-state index in [1.54, 1.807) is 0 Å². The lowest BCUT2D eigenvalue weighted by Gasteiger charge is -2.13. The third-order valence-corrected chi connectivity index (χ3v) is 1.55. The van der Waals surface area contributed by atoms with Crippen molar-refractivity contribution in [1.29, 1.82) is 0 Å². The van der Waals surface area contributed by atoms with Crippen LogP contribution in [0.3, 0.4) is 0 Å². The standard InChI is InChI=1S/C7H17NO/c1-6(2)7(8)4-3-5-9/h6-7,9H,3-5,8H2,1-2H3/t7-/m1/s1. The van der Waals surface area contributed by atoms with Crippen molar-refractivity contribution in [3.63, 3.8) is 0 Å². The number of aliphatic hydroxyl groups is 1. The number of nitrogens with two attached hydrogens (primary N) is 1. The van der Waals surface area contributed by atoms with Crippen LogP contribution in [0.2, 0.25) is 0 Å². The molecule has 0 heterocycles. The zero-order chi connectivity index (χ0) is 7.28. The van der Waals surface area contributed by atoms with Crippen LogP contribution in [-0.4, -0.2) is 17.8 Å². The van der Waals surface area contributed by atoms with Crippen LogP contribution >= 0.6 is 0 Å². The van der Waals surface area contributed by atoms with E-state index in [1.165, 1.54) is 0 Å². The molecule has 0 radical (unpaired) electrons. The largest absolute Gasteiger partial charge is 0.396 e. The van der Waals surface area contributed by atoms with Crippen molar-refractivity contribution in [2.75, 3.05) is 6.61 Å². The number of rotatable bonds is 4. The molecule has 2 nitrogen and oxygen atoms in total. The van der Waals surface area contributed by atoms with Crippen molar-refractivity contribution < 1.29 is 5.11 Å². The highest BCUT2D eigenvalue weighted by Crippen LogP contribution is 2.04. The Balaban J connectivity index is 3.16. The van der Waals surface area contributed by atoms with E-state index in [0.717, 1.165) is 12.8 Å². The summed E-state index contributed by atoms with van der Waals surface area (Å²) in [5.74, 6) is 0.538. The van der Waals surface area contributed by atoms with Gasteiger partial charge in [0.2, 0.25) is 0 Å². The Bertz CT molecular complexity index is 63.9. The molecule has 0 aliphatic rings. The highest BCUT2D eigenvalue weighted by atomic mass is 16.2. The fourth-order valence-electron chi connectivity index (χ4n) is 0.660. The molecule has 0 rings (SSSR count).